The Morgan fingerprint density at radius 1 is 1.22 bits per heavy atom. The van der Waals surface area contributed by atoms with Gasteiger partial charge in [0.05, 0.1) is 0 Å². The van der Waals surface area contributed by atoms with Gasteiger partial charge in [0, 0.05) is 36.6 Å². The molecule has 1 amide bonds. The summed E-state index contributed by atoms with van der Waals surface area (Å²) in [7, 11) is 3.57. The second kappa shape index (κ2) is 6.05. The second-order valence-corrected chi connectivity index (χ2v) is 5.96. The summed E-state index contributed by atoms with van der Waals surface area (Å²) in [6.45, 7) is 0.411. The molecule has 2 aromatic carbocycles. The summed E-state index contributed by atoms with van der Waals surface area (Å²) in [6.07, 6.45) is 0. The maximum absolute atomic E-state index is 13.0. The number of fused-ring (bicyclic) bond motifs is 1. The first-order valence-electron chi connectivity index (χ1n) is 7.21. The SMILES string of the molecule is CN(Cc1ccc(F)cc1)C(=O)c1cc2c(Cl)cccc2n1C. The van der Waals surface area contributed by atoms with Crippen molar-refractivity contribution >= 4 is 28.4 Å². The number of hydrogen-bond donors (Lipinski definition) is 0. The lowest BCUT2D eigenvalue weighted by molar-refractivity contribution is 0.0776. The molecule has 0 N–H and O–H groups in total. The molecule has 0 aliphatic heterocycles. The van der Waals surface area contributed by atoms with Gasteiger partial charge in [-0.05, 0) is 35.9 Å². The van der Waals surface area contributed by atoms with E-state index in [1.165, 1.54) is 12.1 Å². The highest BCUT2D eigenvalue weighted by Crippen LogP contribution is 2.26. The minimum atomic E-state index is -0.286. The number of carbonyl (C=O) groups excluding carboxylic acids is 1. The van der Waals surface area contributed by atoms with Gasteiger partial charge in [0.2, 0.25) is 0 Å². The summed E-state index contributed by atoms with van der Waals surface area (Å²) in [6, 6.07) is 13.5. The average molecular weight is 331 g/mol. The van der Waals surface area contributed by atoms with Crippen molar-refractivity contribution in [2.75, 3.05) is 7.05 Å². The number of amides is 1. The molecule has 0 bridgehead atoms. The monoisotopic (exact) mass is 330 g/mol. The van der Waals surface area contributed by atoms with Gasteiger partial charge in [0.15, 0.2) is 0 Å². The molecule has 0 atom stereocenters. The minimum Gasteiger partial charge on any atom is -0.340 e. The zero-order valence-corrected chi connectivity index (χ0v) is 13.6. The minimum absolute atomic E-state index is 0.107. The average Bonchev–Trinajstić information content (AvgIpc) is 2.87. The molecule has 1 heterocycles. The van der Waals surface area contributed by atoms with Crippen molar-refractivity contribution in [2.24, 2.45) is 7.05 Å². The summed E-state index contributed by atoms with van der Waals surface area (Å²) in [5, 5.41) is 1.48. The van der Waals surface area contributed by atoms with Crippen LogP contribution in [0.15, 0.2) is 48.5 Å². The molecule has 5 heteroatoms. The van der Waals surface area contributed by atoms with E-state index in [-0.39, 0.29) is 11.7 Å². The zero-order valence-electron chi connectivity index (χ0n) is 12.9. The highest BCUT2D eigenvalue weighted by molar-refractivity contribution is 6.35. The number of rotatable bonds is 3. The van der Waals surface area contributed by atoms with Crippen LogP contribution in [0.1, 0.15) is 16.1 Å². The summed E-state index contributed by atoms with van der Waals surface area (Å²) >= 11 is 6.20. The lowest BCUT2D eigenvalue weighted by atomic mass is 10.2. The van der Waals surface area contributed by atoms with Gasteiger partial charge < -0.3 is 9.47 Å². The molecule has 1 aromatic heterocycles. The summed E-state index contributed by atoms with van der Waals surface area (Å²) < 4.78 is 14.8. The third-order valence-electron chi connectivity index (χ3n) is 3.93. The second-order valence-electron chi connectivity index (χ2n) is 5.55. The van der Waals surface area contributed by atoms with Crippen LogP contribution in [0.25, 0.3) is 10.9 Å². The van der Waals surface area contributed by atoms with Crippen LogP contribution in [0.3, 0.4) is 0 Å². The van der Waals surface area contributed by atoms with Crippen molar-refractivity contribution in [1.82, 2.24) is 9.47 Å². The van der Waals surface area contributed by atoms with Crippen molar-refractivity contribution < 1.29 is 9.18 Å². The van der Waals surface area contributed by atoms with Crippen LogP contribution in [-0.2, 0) is 13.6 Å². The smallest absolute Gasteiger partial charge is 0.270 e. The van der Waals surface area contributed by atoms with Crippen molar-refractivity contribution in [3.63, 3.8) is 0 Å². The number of carbonyl (C=O) groups is 1. The van der Waals surface area contributed by atoms with E-state index >= 15 is 0 Å². The maximum atomic E-state index is 13.0. The van der Waals surface area contributed by atoms with Crippen molar-refractivity contribution in [2.45, 2.75) is 6.54 Å². The van der Waals surface area contributed by atoms with Crippen LogP contribution >= 0.6 is 11.6 Å². The highest BCUT2D eigenvalue weighted by atomic mass is 35.5. The number of aryl methyl sites for hydroxylation is 1. The van der Waals surface area contributed by atoms with Gasteiger partial charge in [-0.2, -0.15) is 0 Å². The largest absolute Gasteiger partial charge is 0.340 e. The Morgan fingerprint density at radius 2 is 1.91 bits per heavy atom. The summed E-state index contributed by atoms with van der Waals surface area (Å²) in [5.41, 5.74) is 2.35. The molecule has 0 spiro atoms. The van der Waals surface area contributed by atoms with Crippen molar-refractivity contribution in [1.29, 1.82) is 0 Å². The van der Waals surface area contributed by atoms with E-state index in [0.717, 1.165) is 16.5 Å². The van der Waals surface area contributed by atoms with Crippen LogP contribution in [0.5, 0.6) is 0 Å². The van der Waals surface area contributed by atoms with E-state index in [1.54, 1.807) is 36.2 Å². The van der Waals surface area contributed by atoms with Crippen LogP contribution in [0, 0.1) is 5.82 Å². The van der Waals surface area contributed by atoms with Crippen molar-refractivity contribution in [3.05, 3.63) is 70.6 Å². The van der Waals surface area contributed by atoms with Gasteiger partial charge in [0.25, 0.3) is 5.91 Å². The van der Waals surface area contributed by atoms with Crippen molar-refractivity contribution in [3.8, 4) is 0 Å². The number of hydrogen-bond acceptors (Lipinski definition) is 1. The first kappa shape index (κ1) is 15.6. The van der Waals surface area contributed by atoms with Gasteiger partial charge in [-0.15, -0.1) is 0 Å². The lowest BCUT2D eigenvalue weighted by Crippen LogP contribution is -2.27. The lowest BCUT2D eigenvalue weighted by Gasteiger charge is -2.17. The maximum Gasteiger partial charge on any atom is 0.270 e. The van der Waals surface area contributed by atoms with E-state index < -0.39 is 0 Å². The van der Waals surface area contributed by atoms with Crippen LogP contribution in [0.4, 0.5) is 4.39 Å². The molecule has 0 aliphatic carbocycles. The Labute approximate surface area is 138 Å². The summed E-state index contributed by atoms with van der Waals surface area (Å²) in [5.74, 6) is -0.393. The topological polar surface area (TPSA) is 25.2 Å². The Morgan fingerprint density at radius 3 is 2.57 bits per heavy atom. The van der Waals surface area contributed by atoms with E-state index in [1.807, 2.05) is 23.7 Å². The fraction of sp³-hybridized carbons (Fsp3) is 0.167. The fourth-order valence-corrected chi connectivity index (χ4v) is 2.88. The molecule has 0 saturated heterocycles. The molecule has 118 valence electrons. The molecule has 0 fully saturated rings. The summed E-state index contributed by atoms with van der Waals surface area (Å²) in [4.78, 5) is 14.3. The van der Waals surface area contributed by atoms with Gasteiger partial charge in [0.1, 0.15) is 11.5 Å². The molecule has 0 aliphatic rings. The van der Waals surface area contributed by atoms with E-state index in [0.29, 0.717) is 17.3 Å². The Balaban J connectivity index is 1.89. The van der Waals surface area contributed by atoms with Crippen LogP contribution < -0.4 is 0 Å². The van der Waals surface area contributed by atoms with Gasteiger partial charge in [-0.1, -0.05) is 29.8 Å². The zero-order chi connectivity index (χ0) is 16.6. The first-order chi connectivity index (χ1) is 11.0. The molecule has 0 unspecified atom stereocenters. The van der Waals surface area contributed by atoms with Crippen LogP contribution in [0.2, 0.25) is 5.02 Å². The number of aromatic nitrogens is 1. The molecular weight excluding hydrogens is 315 g/mol. The van der Waals surface area contributed by atoms with E-state index in [9.17, 15) is 9.18 Å². The fourth-order valence-electron chi connectivity index (χ4n) is 2.66. The molecule has 23 heavy (non-hydrogen) atoms. The van der Waals surface area contributed by atoms with Crippen LogP contribution in [-0.4, -0.2) is 22.4 Å². The predicted octanol–water partition coefficient (Wildman–Crippen LogP) is 4.24. The Hall–Kier alpha value is -2.33. The Bertz CT molecular complexity index is 871. The molecule has 3 nitrogen and oxygen atoms in total. The van der Waals surface area contributed by atoms with E-state index in [2.05, 4.69) is 0 Å². The standard InChI is InChI=1S/C18H16ClFN2O/c1-21(11-12-6-8-13(20)9-7-12)18(23)17-10-14-15(19)4-3-5-16(14)22(17)2/h3-10H,11H2,1-2H3. The third kappa shape index (κ3) is 2.94. The third-order valence-corrected chi connectivity index (χ3v) is 4.26. The number of nitrogens with zero attached hydrogens (tertiary/aromatic N) is 2. The number of halogens is 2. The van der Waals surface area contributed by atoms with E-state index in [4.69, 9.17) is 11.6 Å². The normalized spacial score (nSPS) is 11.0. The molecular formula is C18H16ClFN2O. The Kier molecular flexibility index (Phi) is 4.09. The molecule has 0 radical (unpaired) electrons. The predicted molar refractivity (Wildman–Crippen MR) is 90.1 cm³/mol. The quantitative estimate of drug-likeness (QED) is 0.705. The molecule has 3 rings (SSSR count). The first-order valence-corrected chi connectivity index (χ1v) is 7.59. The van der Waals surface area contributed by atoms with Gasteiger partial charge in [-0.25, -0.2) is 4.39 Å². The van der Waals surface area contributed by atoms with Gasteiger partial charge >= 0.3 is 0 Å². The van der Waals surface area contributed by atoms with Gasteiger partial charge in [-0.3, -0.25) is 4.79 Å². The number of benzene rings is 2. The highest BCUT2D eigenvalue weighted by Gasteiger charge is 2.18. The molecule has 3 aromatic rings. The molecule has 0 saturated carbocycles.